The molecule has 2 fully saturated rings. The van der Waals surface area contributed by atoms with E-state index < -0.39 is 0 Å². The van der Waals surface area contributed by atoms with Crippen LogP contribution in [0.3, 0.4) is 0 Å². The Kier molecular flexibility index (Phi) is 5.62. The molecule has 23 heavy (non-hydrogen) atoms. The minimum atomic E-state index is -0.149. The van der Waals surface area contributed by atoms with Crippen molar-refractivity contribution in [2.75, 3.05) is 26.2 Å². The maximum Gasteiger partial charge on any atom is 0.223 e. The summed E-state index contributed by atoms with van der Waals surface area (Å²) in [5.41, 5.74) is 0.730. The number of nitrogens with one attached hydrogen (secondary N) is 1. The number of hydrogen-bond donors (Lipinski definition) is 1. The number of rotatable bonds is 5. The van der Waals surface area contributed by atoms with Crippen molar-refractivity contribution in [1.82, 2.24) is 10.2 Å². The third kappa shape index (κ3) is 4.52. The highest BCUT2D eigenvalue weighted by molar-refractivity contribution is 5.78. The van der Waals surface area contributed by atoms with Gasteiger partial charge in [-0.25, -0.2) is 4.39 Å². The van der Waals surface area contributed by atoms with E-state index in [4.69, 9.17) is 4.74 Å². The van der Waals surface area contributed by atoms with Gasteiger partial charge in [0.05, 0.1) is 6.10 Å². The molecule has 2 saturated heterocycles. The number of halogens is 1. The van der Waals surface area contributed by atoms with E-state index in [1.165, 1.54) is 6.07 Å². The summed E-state index contributed by atoms with van der Waals surface area (Å²) in [7, 11) is 0. The minimum absolute atomic E-state index is 0.0771. The fourth-order valence-corrected chi connectivity index (χ4v) is 3.38. The lowest BCUT2D eigenvalue weighted by atomic mass is 9.95. The summed E-state index contributed by atoms with van der Waals surface area (Å²) in [6.07, 6.45) is 4.01. The van der Waals surface area contributed by atoms with Gasteiger partial charge >= 0.3 is 0 Å². The standard InChI is InChI=1S/C18H25FN2O2/c19-17-6-2-1-4-15(17)13-21-9-7-14(8-10-21)18(22)20-12-16-5-3-11-23-16/h1-2,4,6,14,16H,3,5,7-13H2,(H,20,22)/t16-/m1/s1. The Morgan fingerprint density at radius 1 is 1.26 bits per heavy atom. The second kappa shape index (κ2) is 7.88. The number of likely N-dealkylation sites (tertiary alicyclic amines) is 1. The first-order chi connectivity index (χ1) is 11.2. The van der Waals surface area contributed by atoms with Crippen molar-refractivity contribution in [2.24, 2.45) is 5.92 Å². The smallest absolute Gasteiger partial charge is 0.223 e. The van der Waals surface area contributed by atoms with Gasteiger partial charge in [-0.05, 0) is 44.8 Å². The van der Waals surface area contributed by atoms with E-state index in [1.54, 1.807) is 6.07 Å². The lowest BCUT2D eigenvalue weighted by Gasteiger charge is -2.31. The fourth-order valence-electron chi connectivity index (χ4n) is 3.38. The summed E-state index contributed by atoms with van der Waals surface area (Å²) in [4.78, 5) is 14.5. The summed E-state index contributed by atoms with van der Waals surface area (Å²) < 4.78 is 19.2. The van der Waals surface area contributed by atoms with Gasteiger partial charge in [-0.3, -0.25) is 9.69 Å². The van der Waals surface area contributed by atoms with E-state index in [0.717, 1.165) is 50.9 Å². The molecule has 4 nitrogen and oxygen atoms in total. The molecule has 2 aliphatic heterocycles. The first kappa shape index (κ1) is 16.4. The Balaban J connectivity index is 1.41. The molecular weight excluding hydrogens is 295 g/mol. The van der Waals surface area contributed by atoms with Crippen molar-refractivity contribution in [2.45, 2.75) is 38.3 Å². The minimum Gasteiger partial charge on any atom is -0.376 e. The van der Waals surface area contributed by atoms with Crippen LogP contribution in [0.25, 0.3) is 0 Å². The van der Waals surface area contributed by atoms with Crippen LogP contribution >= 0.6 is 0 Å². The number of piperidine rings is 1. The van der Waals surface area contributed by atoms with Crippen LogP contribution in [0, 0.1) is 11.7 Å². The lowest BCUT2D eigenvalue weighted by molar-refractivity contribution is -0.127. The van der Waals surface area contributed by atoms with Crippen molar-refractivity contribution in [3.05, 3.63) is 35.6 Å². The van der Waals surface area contributed by atoms with Crippen LogP contribution in [0.4, 0.5) is 4.39 Å². The molecule has 0 bridgehead atoms. The largest absolute Gasteiger partial charge is 0.376 e. The molecule has 0 aliphatic carbocycles. The number of nitrogens with zero attached hydrogens (tertiary/aromatic N) is 1. The number of carbonyl (C=O) groups excluding carboxylic acids is 1. The van der Waals surface area contributed by atoms with Crippen LogP contribution in [0.15, 0.2) is 24.3 Å². The molecule has 0 radical (unpaired) electrons. The van der Waals surface area contributed by atoms with Crippen LogP contribution < -0.4 is 5.32 Å². The zero-order valence-corrected chi connectivity index (χ0v) is 13.5. The molecule has 2 aliphatic rings. The number of carbonyl (C=O) groups is 1. The number of ether oxygens (including phenoxy) is 1. The number of benzene rings is 1. The van der Waals surface area contributed by atoms with Gasteiger partial charge in [0, 0.05) is 31.2 Å². The maximum absolute atomic E-state index is 13.7. The molecule has 0 aromatic heterocycles. The Morgan fingerprint density at radius 2 is 2.04 bits per heavy atom. The Bertz CT molecular complexity index is 524. The van der Waals surface area contributed by atoms with Gasteiger partial charge in [-0.1, -0.05) is 18.2 Å². The average Bonchev–Trinajstić information content (AvgIpc) is 3.09. The van der Waals surface area contributed by atoms with Gasteiger partial charge in [0.1, 0.15) is 5.82 Å². The van der Waals surface area contributed by atoms with Gasteiger partial charge in [0.15, 0.2) is 0 Å². The van der Waals surface area contributed by atoms with E-state index in [0.29, 0.717) is 13.1 Å². The van der Waals surface area contributed by atoms with Crippen LogP contribution in [0.1, 0.15) is 31.2 Å². The molecule has 0 spiro atoms. The van der Waals surface area contributed by atoms with Crippen LogP contribution in [0.5, 0.6) is 0 Å². The van der Waals surface area contributed by atoms with Gasteiger partial charge in [-0.2, -0.15) is 0 Å². The van der Waals surface area contributed by atoms with Crippen molar-refractivity contribution in [1.29, 1.82) is 0 Å². The summed E-state index contributed by atoms with van der Waals surface area (Å²) in [5, 5.41) is 3.03. The zero-order chi connectivity index (χ0) is 16.1. The quantitative estimate of drug-likeness (QED) is 0.905. The van der Waals surface area contributed by atoms with E-state index >= 15 is 0 Å². The summed E-state index contributed by atoms with van der Waals surface area (Å²) in [5.74, 6) is 0.0724. The van der Waals surface area contributed by atoms with Gasteiger partial charge in [-0.15, -0.1) is 0 Å². The van der Waals surface area contributed by atoms with Crippen molar-refractivity contribution < 1.29 is 13.9 Å². The van der Waals surface area contributed by atoms with E-state index in [2.05, 4.69) is 10.2 Å². The third-order valence-electron chi connectivity index (χ3n) is 4.84. The highest BCUT2D eigenvalue weighted by Gasteiger charge is 2.26. The highest BCUT2D eigenvalue weighted by Crippen LogP contribution is 2.20. The van der Waals surface area contributed by atoms with E-state index in [-0.39, 0.29) is 23.7 Å². The Morgan fingerprint density at radius 3 is 2.74 bits per heavy atom. The molecule has 1 amide bonds. The van der Waals surface area contributed by atoms with Crippen LogP contribution in [-0.4, -0.2) is 43.2 Å². The average molecular weight is 320 g/mol. The molecule has 1 N–H and O–H groups in total. The Hall–Kier alpha value is -1.46. The maximum atomic E-state index is 13.7. The van der Waals surface area contributed by atoms with Crippen molar-refractivity contribution >= 4 is 5.91 Å². The molecule has 5 heteroatoms. The van der Waals surface area contributed by atoms with Crippen LogP contribution in [0.2, 0.25) is 0 Å². The normalized spacial score (nSPS) is 23.1. The monoisotopic (exact) mass is 320 g/mol. The summed E-state index contributed by atoms with van der Waals surface area (Å²) in [6.45, 7) is 3.75. The van der Waals surface area contributed by atoms with Crippen molar-refractivity contribution in [3.8, 4) is 0 Å². The predicted octanol–water partition coefficient (Wildman–Crippen LogP) is 2.33. The SMILES string of the molecule is O=C(NC[C@H]1CCCO1)C1CCN(Cc2ccccc2F)CC1. The molecule has 1 aromatic carbocycles. The molecule has 126 valence electrons. The van der Waals surface area contributed by atoms with Gasteiger partial charge in [0.2, 0.25) is 5.91 Å². The highest BCUT2D eigenvalue weighted by atomic mass is 19.1. The van der Waals surface area contributed by atoms with E-state index in [1.807, 2.05) is 12.1 Å². The number of hydrogen-bond acceptors (Lipinski definition) is 3. The fraction of sp³-hybridized carbons (Fsp3) is 0.611. The summed E-state index contributed by atoms with van der Waals surface area (Å²) in [6, 6.07) is 6.91. The number of amides is 1. The second-order valence-electron chi connectivity index (χ2n) is 6.52. The van der Waals surface area contributed by atoms with Crippen LogP contribution in [-0.2, 0) is 16.1 Å². The summed E-state index contributed by atoms with van der Waals surface area (Å²) >= 11 is 0. The Labute approximate surface area is 137 Å². The van der Waals surface area contributed by atoms with Crippen molar-refractivity contribution in [3.63, 3.8) is 0 Å². The zero-order valence-electron chi connectivity index (χ0n) is 13.5. The topological polar surface area (TPSA) is 41.6 Å². The molecule has 2 heterocycles. The van der Waals surface area contributed by atoms with Gasteiger partial charge in [0.25, 0.3) is 0 Å². The van der Waals surface area contributed by atoms with E-state index in [9.17, 15) is 9.18 Å². The molecule has 1 atom stereocenters. The molecular formula is C18H25FN2O2. The molecule has 1 aromatic rings. The predicted molar refractivity (Wildman–Crippen MR) is 86.4 cm³/mol. The second-order valence-corrected chi connectivity index (χ2v) is 6.52. The molecule has 0 unspecified atom stereocenters. The lowest BCUT2D eigenvalue weighted by Crippen LogP contribution is -2.42. The first-order valence-corrected chi connectivity index (χ1v) is 8.57. The molecule has 3 rings (SSSR count). The van der Waals surface area contributed by atoms with Gasteiger partial charge < -0.3 is 10.1 Å². The first-order valence-electron chi connectivity index (χ1n) is 8.57. The third-order valence-corrected chi connectivity index (χ3v) is 4.84. The molecule has 0 saturated carbocycles.